The number of aryl methyl sites for hydroxylation is 3. The molecule has 5 nitrogen and oxygen atoms in total. The van der Waals surface area contributed by atoms with Crippen molar-refractivity contribution in [2.75, 3.05) is 10.6 Å². The van der Waals surface area contributed by atoms with Crippen LogP contribution in [-0.2, 0) is 0 Å². The molecular weight excluding hydrogens is 390 g/mol. The maximum atomic E-state index is 4.89. The van der Waals surface area contributed by atoms with Crippen LogP contribution in [0.1, 0.15) is 63.4 Å². The van der Waals surface area contributed by atoms with Crippen LogP contribution >= 0.6 is 11.3 Å². The lowest BCUT2D eigenvalue weighted by Crippen LogP contribution is -2.31. The molecular formula is C24H33N5S. The third-order valence-corrected chi connectivity index (χ3v) is 7.26. The minimum atomic E-state index is 0.405. The second kappa shape index (κ2) is 8.14. The van der Waals surface area contributed by atoms with Crippen molar-refractivity contribution < 1.29 is 0 Å². The summed E-state index contributed by atoms with van der Waals surface area (Å²) in [5, 5.41) is 8.17. The lowest BCUT2D eigenvalue weighted by Gasteiger charge is -2.37. The van der Waals surface area contributed by atoms with Crippen LogP contribution in [0.4, 0.5) is 16.6 Å². The average Bonchev–Trinajstić information content (AvgIpc) is 3.06. The second-order valence-electron chi connectivity index (χ2n) is 9.74. The Balaban J connectivity index is 1.55. The summed E-state index contributed by atoms with van der Waals surface area (Å²) < 4.78 is 0. The number of benzene rings is 1. The van der Waals surface area contributed by atoms with Crippen LogP contribution in [0, 0.1) is 32.1 Å². The van der Waals surface area contributed by atoms with Gasteiger partial charge in [-0.2, -0.15) is 0 Å². The van der Waals surface area contributed by atoms with Crippen molar-refractivity contribution in [1.29, 1.82) is 0 Å². The van der Waals surface area contributed by atoms with Gasteiger partial charge in [0.15, 0.2) is 15.8 Å². The Morgan fingerprint density at radius 2 is 1.60 bits per heavy atom. The van der Waals surface area contributed by atoms with Gasteiger partial charge in [-0.15, -0.1) is 0 Å². The Morgan fingerprint density at radius 1 is 0.933 bits per heavy atom. The molecule has 2 heterocycles. The zero-order valence-corrected chi connectivity index (χ0v) is 19.8. The standard InChI is InChI=1S/C24H33N5S/c1-14-8-7-9-15(2)19(14)28-21-20-22(26-16(3)25-21)30-23(29-20)27-18-12-10-17(11-13-18)24(4,5)6/h7-9,17-18H,10-13H2,1-6H3,(H,27,29)(H,25,26,28). The first-order valence-electron chi connectivity index (χ1n) is 11.0. The molecule has 0 atom stereocenters. The van der Waals surface area contributed by atoms with E-state index in [1.54, 1.807) is 11.3 Å². The van der Waals surface area contributed by atoms with Crippen molar-refractivity contribution in [3.05, 3.63) is 35.2 Å². The van der Waals surface area contributed by atoms with Gasteiger partial charge < -0.3 is 10.6 Å². The molecule has 6 heteroatoms. The summed E-state index contributed by atoms with van der Waals surface area (Å²) in [5.74, 6) is 2.36. The number of rotatable bonds is 4. The summed E-state index contributed by atoms with van der Waals surface area (Å²) in [6.45, 7) is 13.3. The highest BCUT2D eigenvalue weighted by atomic mass is 32.1. The highest BCUT2D eigenvalue weighted by Crippen LogP contribution is 2.39. The van der Waals surface area contributed by atoms with E-state index < -0.39 is 0 Å². The molecule has 1 saturated carbocycles. The minimum absolute atomic E-state index is 0.405. The van der Waals surface area contributed by atoms with Crippen LogP contribution in [0.15, 0.2) is 18.2 Å². The maximum Gasteiger partial charge on any atom is 0.185 e. The zero-order valence-electron chi connectivity index (χ0n) is 19.0. The highest BCUT2D eigenvalue weighted by molar-refractivity contribution is 7.21. The Bertz CT molecular complexity index is 1020. The lowest BCUT2D eigenvalue weighted by atomic mass is 9.71. The van der Waals surface area contributed by atoms with Gasteiger partial charge in [0.05, 0.1) is 0 Å². The highest BCUT2D eigenvalue weighted by Gasteiger charge is 2.30. The first-order valence-corrected chi connectivity index (χ1v) is 11.8. The number of fused-ring (bicyclic) bond motifs is 1. The molecule has 1 aromatic carbocycles. The van der Waals surface area contributed by atoms with Crippen molar-refractivity contribution in [2.24, 2.45) is 11.3 Å². The van der Waals surface area contributed by atoms with Gasteiger partial charge in [-0.1, -0.05) is 50.3 Å². The van der Waals surface area contributed by atoms with Gasteiger partial charge in [-0.3, -0.25) is 0 Å². The van der Waals surface area contributed by atoms with Crippen LogP contribution < -0.4 is 10.6 Å². The van der Waals surface area contributed by atoms with E-state index in [2.05, 4.69) is 73.4 Å². The smallest absolute Gasteiger partial charge is 0.185 e. The van der Waals surface area contributed by atoms with Gasteiger partial charge in [0.25, 0.3) is 0 Å². The second-order valence-corrected chi connectivity index (χ2v) is 10.7. The van der Waals surface area contributed by atoms with Gasteiger partial charge in [0.2, 0.25) is 0 Å². The number of para-hydroxylation sites is 1. The number of hydrogen-bond acceptors (Lipinski definition) is 6. The first kappa shape index (κ1) is 21.0. The van der Waals surface area contributed by atoms with E-state index in [1.807, 2.05) is 6.92 Å². The molecule has 30 heavy (non-hydrogen) atoms. The normalized spacial score (nSPS) is 19.8. The van der Waals surface area contributed by atoms with Crippen molar-refractivity contribution in [1.82, 2.24) is 15.0 Å². The van der Waals surface area contributed by atoms with E-state index in [0.717, 1.165) is 38.7 Å². The van der Waals surface area contributed by atoms with E-state index >= 15 is 0 Å². The summed E-state index contributed by atoms with van der Waals surface area (Å²) >= 11 is 1.63. The predicted octanol–water partition coefficient (Wildman–Crippen LogP) is 6.77. The van der Waals surface area contributed by atoms with Crippen molar-refractivity contribution >= 4 is 38.3 Å². The molecule has 0 saturated heterocycles. The number of nitrogens with one attached hydrogen (secondary N) is 2. The molecule has 160 valence electrons. The number of anilines is 3. The SMILES string of the molecule is Cc1nc(Nc2c(C)cccc2C)c2nc(NC3CCC(C(C)(C)C)CC3)sc2n1. The Labute approximate surface area is 183 Å². The van der Waals surface area contributed by atoms with Crippen molar-refractivity contribution in [2.45, 2.75) is 73.3 Å². The molecule has 0 aliphatic heterocycles. The van der Waals surface area contributed by atoms with E-state index in [4.69, 9.17) is 4.98 Å². The van der Waals surface area contributed by atoms with E-state index in [1.165, 1.54) is 36.8 Å². The largest absolute Gasteiger partial charge is 0.359 e. The fraction of sp³-hybridized carbons (Fsp3) is 0.542. The maximum absolute atomic E-state index is 4.89. The Kier molecular flexibility index (Phi) is 5.71. The number of thiazole rings is 1. The third-order valence-electron chi connectivity index (χ3n) is 6.37. The van der Waals surface area contributed by atoms with Crippen LogP contribution in [0.5, 0.6) is 0 Å². The first-order chi connectivity index (χ1) is 14.2. The lowest BCUT2D eigenvalue weighted by molar-refractivity contribution is 0.173. The molecule has 0 unspecified atom stereocenters. The molecule has 0 bridgehead atoms. The fourth-order valence-electron chi connectivity index (χ4n) is 4.49. The Morgan fingerprint density at radius 3 is 2.23 bits per heavy atom. The predicted molar refractivity (Wildman–Crippen MR) is 128 cm³/mol. The minimum Gasteiger partial charge on any atom is -0.359 e. The van der Waals surface area contributed by atoms with Gasteiger partial charge in [0, 0.05) is 11.7 Å². The van der Waals surface area contributed by atoms with Crippen LogP contribution in [0.3, 0.4) is 0 Å². The van der Waals surface area contributed by atoms with Crippen molar-refractivity contribution in [3.8, 4) is 0 Å². The summed E-state index contributed by atoms with van der Waals surface area (Å²) in [4.78, 5) is 15.1. The molecule has 0 amide bonds. The summed E-state index contributed by atoms with van der Waals surface area (Å²) in [6, 6.07) is 6.80. The number of aromatic nitrogens is 3. The molecule has 2 N–H and O–H groups in total. The summed E-state index contributed by atoms with van der Waals surface area (Å²) in [6.07, 6.45) is 4.97. The molecule has 0 spiro atoms. The Hall–Kier alpha value is -2.21. The number of nitrogens with zero attached hydrogens (tertiary/aromatic N) is 3. The van der Waals surface area contributed by atoms with Gasteiger partial charge >= 0.3 is 0 Å². The monoisotopic (exact) mass is 423 g/mol. The van der Waals surface area contributed by atoms with Gasteiger partial charge in [-0.25, -0.2) is 15.0 Å². The van der Waals surface area contributed by atoms with Gasteiger partial charge in [-0.05, 0) is 68.9 Å². The van der Waals surface area contributed by atoms with E-state index in [-0.39, 0.29) is 0 Å². The van der Waals surface area contributed by atoms with Gasteiger partial charge in [0.1, 0.15) is 11.3 Å². The molecule has 1 aliphatic carbocycles. The number of hydrogen-bond donors (Lipinski definition) is 2. The quantitative estimate of drug-likeness (QED) is 0.485. The molecule has 3 aromatic rings. The molecule has 0 radical (unpaired) electrons. The molecule has 4 rings (SSSR count). The zero-order chi connectivity index (χ0) is 21.5. The summed E-state index contributed by atoms with van der Waals surface area (Å²) in [7, 11) is 0. The fourth-order valence-corrected chi connectivity index (χ4v) is 5.45. The summed E-state index contributed by atoms with van der Waals surface area (Å²) in [5.41, 5.74) is 4.74. The van der Waals surface area contributed by atoms with Crippen LogP contribution in [-0.4, -0.2) is 21.0 Å². The van der Waals surface area contributed by atoms with Crippen molar-refractivity contribution in [3.63, 3.8) is 0 Å². The van der Waals surface area contributed by atoms with Crippen LogP contribution in [0.2, 0.25) is 0 Å². The molecule has 2 aromatic heterocycles. The van der Waals surface area contributed by atoms with E-state index in [9.17, 15) is 0 Å². The topological polar surface area (TPSA) is 62.7 Å². The average molecular weight is 424 g/mol. The van der Waals surface area contributed by atoms with E-state index in [0.29, 0.717) is 11.5 Å². The molecule has 1 fully saturated rings. The van der Waals surface area contributed by atoms with Crippen LogP contribution in [0.25, 0.3) is 10.3 Å². The third kappa shape index (κ3) is 4.43. The molecule has 1 aliphatic rings.